The second-order valence-corrected chi connectivity index (χ2v) is 5.39. The summed E-state index contributed by atoms with van der Waals surface area (Å²) in [6, 6.07) is 12.6. The summed E-state index contributed by atoms with van der Waals surface area (Å²) in [6.45, 7) is 0.412. The van der Waals surface area contributed by atoms with E-state index < -0.39 is 17.7 Å². The van der Waals surface area contributed by atoms with Crippen LogP contribution in [0.5, 0.6) is 0 Å². The Morgan fingerprint density at radius 2 is 1.82 bits per heavy atom. The van der Waals surface area contributed by atoms with Crippen LogP contribution in [-0.4, -0.2) is 17.8 Å². The maximum absolute atomic E-state index is 13.5. The maximum Gasteiger partial charge on any atom is 0.159 e. The molecular weight excluding hydrogens is 286 g/mol. The first kappa shape index (κ1) is 14.5. The quantitative estimate of drug-likeness (QED) is 0.927. The topological polar surface area (TPSA) is 47.3 Å². The van der Waals surface area contributed by atoms with Crippen molar-refractivity contribution in [3.63, 3.8) is 0 Å². The van der Waals surface area contributed by atoms with Gasteiger partial charge in [0.15, 0.2) is 11.6 Å². The fraction of sp³-hybridized carbons (Fsp3) is 0.235. The molecule has 1 aliphatic rings. The van der Waals surface area contributed by atoms with Crippen molar-refractivity contribution in [2.45, 2.75) is 18.6 Å². The highest BCUT2D eigenvalue weighted by molar-refractivity contribution is 5.53. The van der Waals surface area contributed by atoms with E-state index in [-0.39, 0.29) is 6.04 Å². The monoisotopic (exact) mass is 300 g/mol. The third-order valence-corrected chi connectivity index (χ3v) is 3.94. The highest BCUT2D eigenvalue weighted by atomic mass is 19.2. The van der Waals surface area contributed by atoms with Crippen molar-refractivity contribution in [2.24, 2.45) is 0 Å². The average Bonchev–Trinajstić information content (AvgIpc) is 2.92. The van der Waals surface area contributed by atoms with Gasteiger partial charge in [0.2, 0.25) is 0 Å². The Labute approximate surface area is 127 Å². The lowest BCUT2D eigenvalue weighted by molar-refractivity contribution is 0.194. The van der Waals surface area contributed by atoms with Gasteiger partial charge < -0.3 is 10.0 Å². The van der Waals surface area contributed by atoms with E-state index >= 15 is 0 Å². The van der Waals surface area contributed by atoms with Gasteiger partial charge in [0.1, 0.15) is 0 Å². The normalized spacial score (nSPS) is 20.9. The van der Waals surface area contributed by atoms with Crippen LogP contribution in [0.4, 0.5) is 14.5 Å². The molecule has 0 spiro atoms. The molecule has 1 saturated heterocycles. The summed E-state index contributed by atoms with van der Waals surface area (Å²) in [6.07, 6.45) is -0.0841. The lowest BCUT2D eigenvalue weighted by Crippen LogP contribution is -2.24. The van der Waals surface area contributed by atoms with Crippen LogP contribution in [0.25, 0.3) is 0 Å². The number of β-amino-alcohol motifs (C(OH)–C–C–N with tert-alkyl or cyclic N) is 1. The molecule has 3 nitrogen and oxygen atoms in total. The molecule has 112 valence electrons. The molecule has 1 heterocycles. The van der Waals surface area contributed by atoms with Crippen molar-refractivity contribution in [3.05, 3.63) is 65.2 Å². The van der Waals surface area contributed by atoms with Crippen LogP contribution in [0.3, 0.4) is 0 Å². The summed E-state index contributed by atoms with van der Waals surface area (Å²) in [5.74, 6) is -1.77. The van der Waals surface area contributed by atoms with Gasteiger partial charge in [0, 0.05) is 12.2 Å². The standard InChI is InChI=1S/C17H14F2N2O/c18-15-6-3-12(7-16(15)19)17-8-14(22)10-21(17)13-4-1-11(9-20)2-5-13/h1-7,14,17,22H,8,10H2/t14-,17-/m0/s1. The Kier molecular flexibility index (Phi) is 3.78. The summed E-state index contributed by atoms with van der Waals surface area (Å²) in [5, 5.41) is 18.8. The van der Waals surface area contributed by atoms with Crippen LogP contribution in [-0.2, 0) is 0 Å². The third kappa shape index (κ3) is 2.66. The number of aliphatic hydroxyl groups is 1. The first-order valence-electron chi connectivity index (χ1n) is 6.98. The molecule has 1 aliphatic heterocycles. The molecule has 22 heavy (non-hydrogen) atoms. The SMILES string of the molecule is N#Cc1ccc(N2C[C@@H](O)C[C@H]2c2ccc(F)c(F)c2)cc1. The maximum atomic E-state index is 13.5. The number of hydrogen-bond donors (Lipinski definition) is 1. The third-order valence-electron chi connectivity index (χ3n) is 3.94. The minimum Gasteiger partial charge on any atom is -0.391 e. The predicted molar refractivity (Wildman–Crippen MR) is 78.2 cm³/mol. The lowest BCUT2D eigenvalue weighted by Gasteiger charge is -2.27. The van der Waals surface area contributed by atoms with Gasteiger partial charge in [-0.3, -0.25) is 0 Å². The molecular formula is C17H14F2N2O. The van der Waals surface area contributed by atoms with Gasteiger partial charge in [-0.05, 0) is 48.4 Å². The molecule has 1 N–H and O–H groups in total. The van der Waals surface area contributed by atoms with Gasteiger partial charge >= 0.3 is 0 Å². The number of benzene rings is 2. The largest absolute Gasteiger partial charge is 0.391 e. The number of nitriles is 1. The smallest absolute Gasteiger partial charge is 0.159 e. The molecule has 3 rings (SSSR count). The zero-order chi connectivity index (χ0) is 15.7. The minimum atomic E-state index is -0.890. The van der Waals surface area contributed by atoms with Crippen LogP contribution in [0.15, 0.2) is 42.5 Å². The number of nitrogens with zero attached hydrogens (tertiary/aromatic N) is 2. The zero-order valence-corrected chi connectivity index (χ0v) is 11.7. The molecule has 0 amide bonds. The minimum absolute atomic E-state index is 0.224. The van der Waals surface area contributed by atoms with Crippen LogP contribution in [0.1, 0.15) is 23.6 Å². The summed E-state index contributed by atoms with van der Waals surface area (Å²) in [7, 11) is 0. The van der Waals surface area contributed by atoms with E-state index in [9.17, 15) is 13.9 Å². The van der Waals surface area contributed by atoms with Crippen molar-refractivity contribution in [1.29, 1.82) is 5.26 Å². The fourth-order valence-corrected chi connectivity index (χ4v) is 2.86. The van der Waals surface area contributed by atoms with Gasteiger partial charge in [-0.25, -0.2) is 8.78 Å². The Balaban J connectivity index is 1.94. The van der Waals surface area contributed by atoms with Crippen molar-refractivity contribution in [3.8, 4) is 6.07 Å². The zero-order valence-electron chi connectivity index (χ0n) is 11.7. The number of halogens is 2. The number of hydrogen-bond acceptors (Lipinski definition) is 3. The van der Waals surface area contributed by atoms with Gasteiger partial charge in [0.25, 0.3) is 0 Å². The molecule has 0 aromatic heterocycles. The van der Waals surface area contributed by atoms with Crippen molar-refractivity contribution >= 4 is 5.69 Å². The molecule has 2 atom stereocenters. The van der Waals surface area contributed by atoms with Crippen LogP contribution >= 0.6 is 0 Å². The van der Waals surface area contributed by atoms with E-state index in [1.165, 1.54) is 12.1 Å². The fourth-order valence-electron chi connectivity index (χ4n) is 2.86. The Morgan fingerprint density at radius 3 is 2.45 bits per heavy atom. The first-order valence-corrected chi connectivity index (χ1v) is 6.98. The van der Waals surface area contributed by atoms with Gasteiger partial charge in [-0.1, -0.05) is 6.07 Å². The molecule has 2 aromatic carbocycles. The van der Waals surface area contributed by atoms with E-state index in [1.54, 1.807) is 24.3 Å². The van der Waals surface area contributed by atoms with E-state index in [1.807, 2.05) is 4.90 Å². The van der Waals surface area contributed by atoms with Crippen molar-refractivity contribution in [1.82, 2.24) is 0 Å². The Hall–Kier alpha value is -2.45. The van der Waals surface area contributed by atoms with E-state index in [0.29, 0.717) is 24.1 Å². The summed E-state index contributed by atoms with van der Waals surface area (Å²) in [5.41, 5.74) is 2.01. The average molecular weight is 300 g/mol. The number of aliphatic hydroxyl groups excluding tert-OH is 1. The van der Waals surface area contributed by atoms with Gasteiger partial charge in [-0.2, -0.15) is 5.26 Å². The molecule has 0 bridgehead atoms. The van der Waals surface area contributed by atoms with E-state index in [2.05, 4.69) is 6.07 Å². The lowest BCUT2D eigenvalue weighted by atomic mass is 10.0. The van der Waals surface area contributed by atoms with Gasteiger partial charge in [-0.15, -0.1) is 0 Å². The molecule has 5 heteroatoms. The molecule has 0 radical (unpaired) electrons. The highest BCUT2D eigenvalue weighted by Gasteiger charge is 2.32. The summed E-state index contributed by atoms with van der Waals surface area (Å²) < 4.78 is 26.6. The Bertz CT molecular complexity index is 724. The second kappa shape index (κ2) is 5.74. The molecule has 0 saturated carbocycles. The highest BCUT2D eigenvalue weighted by Crippen LogP contribution is 2.36. The van der Waals surface area contributed by atoms with Crippen molar-refractivity contribution in [2.75, 3.05) is 11.4 Å². The predicted octanol–water partition coefficient (Wildman–Crippen LogP) is 3.15. The van der Waals surface area contributed by atoms with E-state index in [0.717, 1.165) is 11.8 Å². The molecule has 2 aromatic rings. The number of rotatable bonds is 2. The van der Waals surface area contributed by atoms with Crippen LogP contribution in [0.2, 0.25) is 0 Å². The molecule has 0 unspecified atom stereocenters. The summed E-state index contributed by atoms with van der Waals surface area (Å²) >= 11 is 0. The number of anilines is 1. The van der Waals surface area contributed by atoms with Crippen LogP contribution < -0.4 is 4.90 Å². The summed E-state index contributed by atoms with van der Waals surface area (Å²) in [4.78, 5) is 1.94. The Morgan fingerprint density at radius 1 is 1.09 bits per heavy atom. The molecule has 0 aliphatic carbocycles. The van der Waals surface area contributed by atoms with Gasteiger partial charge in [0.05, 0.1) is 23.8 Å². The molecule has 1 fully saturated rings. The first-order chi connectivity index (χ1) is 10.6. The van der Waals surface area contributed by atoms with Crippen molar-refractivity contribution < 1.29 is 13.9 Å². The second-order valence-electron chi connectivity index (χ2n) is 5.39. The van der Waals surface area contributed by atoms with E-state index in [4.69, 9.17) is 5.26 Å². The van der Waals surface area contributed by atoms with Crippen LogP contribution in [0, 0.1) is 23.0 Å².